The van der Waals surface area contributed by atoms with Gasteiger partial charge in [0.15, 0.2) is 23.9 Å². The fraction of sp³-hybridized carbons (Fsp3) is 0.185. The van der Waals surface area contributed by atoms with E-state index in [0.717, 1.165) is 5.56 Å². The van der Waals surface area contributed by atoms with Crippen molar-refractivity contribution in [3.8, 4) is 22.9 Å². The monoisotopic (exact) mass is 549 g/mol. The van der Waals surface area contributed by atoms with Crippen molar-refractivity contribution in [2.24, 2.45) is 5.10 Å². The lowest BCUT2D eigenvalue weighted by molar-refractivity contribution is -0.149. The summed E-state index contributed by atoms with van der Waals surface area (Å²) in [4.78, 5) is 29.9. The second-order valence-electron chi connectivity index (χ2n) is 8.03. The quantitative estimate of drug-likeness (QED) is 0.225. The Hall–Kier alpha value is -3.98. The summed E-state index contributed by atoms with van der Waals surface area (Å²) in [6.45, 7) is 3.28. The number of hydrogen-bond acceptors (Lipinski definition) is 7. The molecule has 1 heterocycles. The normalized spacial score (nSPS) is 11.2. The molecule has 0 spiro atoms. The average Bonchev–Trinajstić information content (AvgIpc) is 2.87. The van der Waals surface area contributed by atoms with Crippen LogP contribution in [-0.4, -0.2) is 41.7 Å². The van der Waals surface area contributed by atoms with Crippen molar-refractivity contribution in [2.45, 2.75) is 20.0 Å². The number of carbonyl (C=O) groups excluding carboxylic acids is 1. The fourth-order valence-corrected chi connectivity index (χ4v) is 3.91. The predicted molar refractivity (Wildman–Crippen MR) is 142 cm³/mol. The van der Waals surface area contributed by atoms with E-state index in [1.165, 1.54) is 18.0 Å². The zero-order valence-corrected chi connectivity index (χ0v) is 21.6. The number of rotatable bonds is 8. The highest BCUT2D eigenvalue weighted by molar-refractivity contribution is 9.10. The van der Waals surface area contributed by atoms with Crippen LogP contribution >= 0.6 is 15.9 Å². The van der Waals surface area contributed by atoms with Gasteiger partial charge in [0.25, 0.3) is 5.56 Å². The van der Waals surface area contributed by atoms with Crippen LogP contribution in [0.3, 0.4) is 0 Å². The van der Waals surface area contributed by atoms with Crippen LogP contribution < -0.4 is 15.0 Å². The van der Waals surface area contributed by atoms with Gasteiger partial charge in [-0.25, -0.2) is 9.78 Å². The molecule has 0 atom stereocenters. The van der Waals surface area contributed by atoms with Crippen LogP contribution in [0.2, 0.25) is 0 Å². The Bertz CT molecular complexity index is 1480. The van der Waals surface area contributed by atoms with Gasteiger partial charge in [-0.2, -0.15) is 9.78 Å². The van der Waals surface area contributed by atoms with Crippen molar-refractivity contribution in [3.05, 3.63) is 87.1 Å². The number of nitrogens with zero attached hydrogens (tertiary/aromatic N) is 3. The molecule has 0 unspecified atom stereocenters. The summed E-state index contributed by atoms with van der Waals surface area (Å²) in [5.41, 5.74) is 1.68. The lowest BCUT2D eigenvalue weighted by Gasteiger charge is -2.13. The number of esters is 1. The number of methoxy groups -OCH3 is 1. The number of hydrogen-bond donors (Lipinski definition) is 0. The van der Waals surface area contributed by atoms with Crippen molar-refractivity contribution < 1.29 is 19.0 Å². The molecular formula is C27H24BrN3O5. The third-order valence-corrected chi connectivity index (χ3v) is 5.78. The molecule has 4 rings (SSSR count). The van der Waals surface area contributed by atoms with Gasteiger partial charge in [0.2, 0.25) is 0 Å². The number of para-hydroxylation sites is 1. The Morgan fingerprint density at radius 2 is 1.81 bits per heavy atom. The second kappa shape index (κ2) is 11.2. The van der Waals surface area contributed by atoms with Gasteiger partial charge in [0, 0.05) is 15.6 Å². The van der Waals surface area contributed by atoms with E-state index in [2.05, 4.69) is 21.0 Å². The van der Waals surface area contributed by atoms with Gasteiger partial charge in [0.05, 0.1) is 30.3 Å². The van der Waals surface area contributed by atoms with E-state index >= 15 is 0 Å². The van der Waals surface area contributed by atoms with Gasteiger partial charge in [-0.1, -0.05) is 42.5 Å². The van der Waals surface area contributed by atoms with Crippen LogP contribution in [0.1, 0.15) is 19.4 Å². The summed E-state index contributed by atoms with van der Waals surface area (Å²) < 4.78 is 18.0. The summed E-state index contributed by atoms with van der Waals surface area (Å²) >= 11 is 3.51. The molecule has 0 saturated heterocycles. The minimum atomic E-state index is -0.481. The van der Waals surface area contributed by atoms with Crippen LogP contribution in [0.4, 0.5) is 0 Å². The van der Waals surface area contributed by atoms with Crippen molar-refractivity contribution in [3.63, 3.8) is 0 Å². The zero-order chi connectivity index (χ0) is 25.7. The first-order valence-electron chi connectivity index (χ1n) is 11.2. The molecule has 0 aliphatic heterocycles. The molecule has 0 radical (unpaired) electrons. The minimum Gasteiger partial charge on any atom is -0.493 e. The van der Waals surface area contributed by atoms with Crippen molar-refractivity contribution in [1.82, 2.24) is 9.66 Å². The van der Waals surface area contributed by atoms with Gasteiger partial charge in [-0.05, 0) is 54.0 Å². The molecule has 9 heteroatoms. The van der Waals surface area contributed by atoms with Gasteiger partial charge >= 0.3 is 5.97 Å². The maximum atomic E-state index is 13.3. The third kappa shape index (κ3) is 5.63. The van der Waals surface area contributed by atoms with E-state index in [9.17, 15) is 9.59 Å². The molecule has 0 aliphatic carbocycles. The highest BCUT2D eigenvalue weighted by atomic mass is 79.9. The molecule has 36 heavy (non-hydrogen) atoms. The molecule has 0 N–H and O–H groups in total. The van der Waals surface area contributed by atoms with E-state index < -0.39 is 5.97 Å². The van der Waals surface area contributed by atoms with Crippen molar-refractivity contribution in [1.29, 1.82) is 0 Å². The van der Waals surface area contributed by atoms with Crippen LogP contribution in [0.5, 0.6) is 11.5 Å². The second-order valence-corrected chi connectivity index (χ2v) is 8.89. The molecular weight excluding hydrogens is 526 g/mol. The van der Waals surface area contributed by atoms with Crippen molar-refractivity contribution >= 4 is 39.0 Å². The Labute approximate surface area is 216 Å². The van der Waals surface area contributed by atoms with E-state index in [1.807, 2.05) is 36.4 Å². The zero-order valence-electron chi connectivity index (χ0n) is 20.0. The highest BCUT2D eigenvalue weighted by Crippen LogP contribution is 2.33. The first-order chi connectivity index (χ1) is 17.4. The van der Waals surface area contributed by atoms with Gasteiger partial charge in [-0.15, -0.1) is 0 Å². The van der Waals surface area contributed by atoms with Gasteiger partial charge in [-0.3, -0.25) is 4.79 Å². The third-order valence-electron chi connectivity index (χ3n) is 5.09. The predicted octanol–water partition coefficient (Wildman–Crippen LogP) is 5.05. The molecule has 1 aromatic heterocycles. The van der Waals surface area contributed by atoms with Gasteiger partial charge in [0.1, 0.15) is 0 Å². The SMILES string of the molecule is COc1cc(C=Nn2c(-c3ccccc3)nc3ccccc3c2=O)c(Br)cc1OCC(=O)OC(C)C. The molecule has 0 bridgehead atoms. The smallest absolute Gasteiger partial charge is 0.344 e. The van der Waals surface area contributed by atoms with Crippen LogP contribution in [0, 0.1) is 0 Å². The molecule has 0 aliphatic rings. The molecule has 0 saturated carbocycles. The van der Waals surface area contributed by atoms with Crippen LogP contribution in [-0.2, 0) is 9.53 Å². The molecule has 0 fully saturated rings. The van der Waals surface area contributed by atoms with E-state index in [-0.39, 0.29) is 18.3 Å². The largest absolute Gasteiger partial charge is 0.493 e. The summed E-state index contributed by atoms with van der Waals surface area (Å²) in [6, 6.07) is 19.9. The van der Waals surface area contributed by atoms with E-state index in [4.69, 9.17) is 19.2 Å². The molecule has 184 valence electrons. The number of halogens is 1. The Kier molecular flexibility index (Phi) is 7.80. The number of aromatic nitrogens is 2. The molecule has 3 aromatic carbocycles. The first kappa shape index (κ1) is 25.1. The maximum absolute atomic E-state index is 13.3. The minimum absolute atomic E-state index is 0.234. The summed E-state index contributed by atoms with van der Waals surface area (Å²) in [5, 5.41) is 4.95. The highest BCUT2D eigenvalue weighted by Gasteiger charge is 2.15. The lowest BCUT2D eigenvalue weighted by atomic mass is 10.2. The lowest BCUT2D eigenvalue weighted by Crippen LogP contribution is -2.20. The fourth-order valence-electron chi connectivity index (χ4n) is 3.48. The number of fused-ring (bicyclic) bond motifs is 1. The maximum Gasteiger partial charge on any atom is 0.344 e. The topological polar surface area (TPSA) is 92.0 Å². The standard InChI is InChI=1S/C27H24BrN3O5/c1-17(2)36-25(32)16-35-24-14-21(28)19(13-23(24)34-3)15-29-31-26(18-9-5-4-6-10-18)30-22-12-8-7-11-20(22)27(31)33/h4-15,17H,16H2,1-3H3. The van der Waals surface area contributed by atoms with Gasteiger partial charge < -0.3 is 14.2 Å². The van der Waals surface area contributed by atoms with Crippen LogP contribution in [0.15, 0.2) is 81.1 Å². The Balaban J connectivity index is 1.72. The summed E-state index contributed by atoms with van der Waals surface area (Å²) in [7, 11) is 1.49. The molecule has 8 nitrogen and oxygen atoms in total. The van der Waals surface area contributed by atoms with E-state index in [0.29, 0.717) is 38.3 Å². The number of ether oxygens (including phenoxy) is 3. The summed E-state index contributed by atoms with van der Waals surface area (Å²) in [5.74, 6) is 0.689. The molecule has 4 aromatic rings. The first-order valence-corrected chi connectivity index (χ1v) is 12.0. The average molecular weight is 550 g/mol. The Morgan fingerprint density at radius 1 is 1.08 bits per heavy atom. The molecule has 0 amide bonds. The van der Waals surface area contributed by atoms with Crippen LogP contribution in [0.25, 0.3) is 22.3 Å². The summed E-state index contributed by atoms with van der Waals surface area (Å²) in [6.07, 6.45) is 1.30. The Morgan fingerprint density at radius 3 is 2.53 bits per heavy atom. The van der Waals surface area contributed by atoms with Crippen molar-refractivity contribution in [2.75, 3.05) is 13.7 Å². The van der Waals surface area contributed by atoms with E-state index in [1.54, 1.807) is 44.2 Å². The number of carbonyl (C=O) groups is 1. The number of benzene rings is 3.